The highest BCUT2D eigenvalue weighted by molar-refractivity contribution is 8.07. The molecule has 0 amide bonds. The van der Waals surface area contributed by atoms with Gasteiger partial charge in [-0.15, -0.1) is 0 Å². The standard InChI is InChI=1S/C12H20N2OS2/c1-4-14-10(5-6-13-14)12(15)11-7-16-8(2)9(3)17-11/h5-6,8-9,11-12,15H,4,7H2,1-3H3. The summed E-state index contributed by atoms with van der Waals surface area (Å²) in [6, 6.07) is 1.93. The highest BCUT2D eigenvalue weighted by atomic mass is 32.2. The SMILES string of the molecule is CCn1nccc1C(O)C1CSC(C)C(C)S1. The van der Waals surface area contributed by atoms with Crippen LogP contribution >= 0.6 is 23.5 Å². The van der Waals surface area contributed by atoms with E-state index >= 15 is 0 Å². The lowest BCUT2D eigenvalue weighted by atomic mass is 10.2. The quantitative estimate of drug-likeness (QED) is 0.918. The van der Waals surface area contributed by atoms with Crippen molar-refractivity contribution < 1.29 is 5.11 Å². The molecule has 96 valence electrons. The lowest BCUT2D eigenvalue weighted by Crippen LogP contribution is -2.31. The third kappa shape index (κ3) is 2.83. The minimum atomic E-state index is -0.398. The van der Waals surface area contributed by atoms with Gasteiger partial charge in [0, 0.05) is 34.2 Å². The molecule has 1 aliphatic rings. The molecular weight excluding hydrogens is 252 g/mol. The van der Waals surface area contributed by atoms with E-state index in [-0.39, 0.29) is 5.25 Å². The van der Waals surface area contributed by atoms with Crippen molar-refractivity contribution in [2.24, 2.45) is 0 Å². The van der Waals surface area contributed by atoms with Crippen LogP contribution in [0.5, 0.6) is 0 Å². The minimum absolute atomic E-state index is 0.285. The van der Waals surface area contributed by atoms with Crippen molar-refractivity contribution in [3.05, 3.63) is 18.0 Å². The average molecular weight is 272 g/mol. The number of hydrogen-bond acceptors (Lipinski definition) is 4. The topological polar surface area (TPSA) is 38.0 Å². The van der Waals surface area contributed by atoms with E-state index in [9.17, 15) is 5.11 Å². The summed E-state index contributed by atoms with van der Waals surface area (Å²) in [6.07, 6.45) is 1.37. The molecule has 17 heavy (non-hydrogen) atoms. The maximum atomic E-state index is 10.5. The molecule has 1 fully saturated rings. The second kappa shape index (κ2) is 5.67. The fourth-order valence-corrected chi connectivity index (χ4v) is 5.01. The van der Waals surface area contributed by atoms with E-state index in [0.717, 1.165) is 18.0 Å². The van der Waals surface area contributed by atoms with Crippen molar-refractivity contribution in [3.63, 3.8) is 0 Å². The summed E-state index contributed by atoms with van der Waals surface area (Å²) in [5.41, 5.74) is 0.951. The number of aromatic nitrogens is 2. The van der Waals surface area contributed by atoms with Crippen LogP contribution in [0.3, 0.4) is 0 Å². The van der Waals surface area contributed by atoms with Gasteiger partial charge in [-0.2, -0.15) is 28.6 Å². The van der Waals surface area contributed by atoms with E-state index in [4.69, 9.17) is 0 Å². The molecule has 0 bridgehead atoms. The molecule has 3 nitrogen and oxygen atoms in total. The summed E-state index contributed by atoms with van der Waals surface area (Å²) >= 11 is 3.87. The van der Waals surface area contributed by atoms with Crippen molar-refractivity contribution in [2.75, 3.05) is 5.75 Å². The zero-order chi connectivity index (χ0) is 12.4. The summed E-state index contributed by atoms with van der Waals surface area (Å²) in [5, 5.41) is 16.2. The van der Waals surface area contributed by atoms with Gasteiger partial charge in [-0.3, -0.25) is 4.68 Å². The number of hydrogen-bond donors (Lipinski definition) is 1. The van der Waals surface area contributed by atoms with E-state index in [1.807, 2.05) is 34.3 Å². The zero-order valence-corrected chi connectivity index (χ0v) is 12.2. The summed E-state index contributed by atoms with van der Waals surface area (Å²) in [5.74, 6) is 1.02. The predicted molar refractivity (Wildman–Crippen MR) is 75.6 cm³/mol. The normalized spacial score (nSPS) is 31.4. The Morgan fingerprint density at radius 1 is 1.53 bits per heavy atom. The first-order valence-electron chi connectivity index (χ1n) is 6.10. The first kappa shape index (κ1) is 13.3. The van der Waals surface area contributed by atoms with Crippen molar-refractivity contribution in [1.29, 1.82) is 0 Å². The molecule has 1 aliphatic heterocycles. The van der Waals surface area contributed by atoms with Gasteiger partial charge in [-0.05, 0) is 13.0 Å². The number of aliphatic hydroxyl groups is 1. The second-order valence-electron chi connectivity index (χ2n) is 4.43. The van der Waals surface area contributed by atoms with Gasteiger partial charge in [-0.1, -0.05) is 13.8 Å². The van der Waals surface area contributed by atoms with Crippen molar-refractivity contribution >= 4 is 23.5 Å². The number of thioether (sulfide) groups is 2. The maximum Gasteiger partial charge on any atom is 0.108 e. The van der Waals surface area contributed by atoms with E-state index in [1.165, 1.54) is 0 Å². The molecule has 1 saturated heterocycles. The fourth-order valence-electron chi connectivity index (χ4n) is 2.02. The smallest absolute Gasteiger partial charge is 0.108 e. The predicted octanol–water partition coefficient (Wildman–Crippen LogP) is 2.56. The monoisotopic (exact) mass is 272 g/mol. The van der Waals surface area contributed by atoms with E-state index < -0.39 is 6.10 Å². The molecule has 1 aromatic rings. The largest absolute Gasteiger partial charge is 0.386 e. The number of rotatable bonds is 3. The highest BCUT2D eigenvalue weighted by Gasteiger charge is 2.32. The lowest BCUT2D eigenvalue weighted by Gasteiger charge is -2.33. The van der Waals surface area contributed by atoms with E-state index in [0.29, 0.717) is 10.5 Å². The van der Waals surface area contributed by atoms with Gasteiger partial charge in [0.2, 0.25) is 0 Å². The number of aryl methyl sites for hydroxylation is 1. The Hall–Kier alpha value is -0.130. The highest BCUT2D eigenvalue weighted by Crippen LogP contribution is 2.40. The molecule has 2 rings (SSSR count). The molecule has 0 saturated carbocycles. The zero-order valence-electron chi connectivity index (χ0n) is 10.5. The van der Waals surface area contributed by atoms with Gasteiger partial charge < -0.3 is 5.11 Å². The van der Waals surface area contributed by atoms with Crippen molar-refractivity contribution in [3.8, 4) is 0 Å². The molecule has 5 heteroatoms. The summed E-state index contributed by atoms with van der Waals surface area (Å²) in [6.45, 7) is 7.38. The van der Waals surface area contributed by atoms with Crippen molar-refractivity contribution in [2.45, 2.75) is 49.2 Å². The van der Waals surface area contributed by atoms with Crippen molar-refractivity contribution in [1.82, 2.24) is 9.78 Å². The molecule has 4 unspecified atom stereocenters. The van der Waals surface area contributed by atoms with Crippen LogP contribution in [0.4, 0.5) is 0 Å². The van der Waals surface area contributed by atoms with Gasteiger partial charge in [-0.25, -0.2) is 0 Å². The molecule has 0 aromatic carbocycles. The third-order valence-electron chi connectivity index (χ3n) is 3.28. The van der Waals surface area contributed by atoms with Crippen LogP contribution in [0, 0.1) is 0 Å². The molecule has 0 aliphatic carbocycles. The minimum Gasteiger partial charge on any atom is -0.386 e. The summed E-state index contributed by atoms with van der Waals surface area (Å²) in [4.78, 5) is 0. The van der Waals surface area contributed by atoms with Crippen LogP contribution in [-0.2, 0) is 6.54 Å². The fraction of sp³-hybridized carbons (Fsp3) is 0.750. The summed E-state index contributed by atoms with van der Waals surface area (Å²) in [7, 11) is 0. The molecule has 4 atom stereocenters. The Labute approximate surface area is 111 Å². The Morgan fingerprint density at radius 2 is 2.29 bits per heavy atom. The Bertz CT molecular complexity index is 369. The Kier molecular flexibility index (Phi) is 4.44. The van der Waals surface area contributed by atoms with Gasteiger partial charge in [0.05, 0.1) is 5.69 Å². The average Bonchev–Trinajstić information content (AvgIpc) is 2.80. The molecule has 0 spiro atoms. The van der Waals surface area contributed by atoms with Crippen LogP contribution < -0.4 is 0 Å². The van der Waals surface area contributed by atoms with E-state index in [2.05, 4.69) is 25.9 Å². The van der Waals surface area contributed by atoms with Gasteiger partial charge >= 0.3 is 0 Å². The number of aliphatic hydroxyl groups excluding tert-OH is 1. The van der Waals surface area contributed by atoms with E-state index in [1.54, 1.807) is 6.20 Å². The third-order valence-corrected chi connectivity index (χ3v) is 6.76. The molecule has 1 N–H and O–H groups in total. The molecule has 1 aromatic heterocycles. The van der Waals surface area contributed by atoms with Crippen LogP contribution in [0.25, 0.3) is 0 Å². The van der Waals surface area contributed by atoms with Crippen LogP contribution in [0.1, 0.15) is 32.6 Å². The first-order valence-corrected chi connectivity index (χ1v) is 8.09. The maximum absolute atomic E-state index is 10.5. The first-order chi connectivity index (χ1) is 8.13. The van der Waals surface area contributed by atoms with Crippen LogP contribution in [0.2, 0.25) is 0 Å². The number of nitrogens with zero attached hydrogens (tertiary/aromatic N) is 2. The van der Waals surface area contributed by atoms with Gasteiger partial charge in [0.1, 0.15) is 6.10 Å². The second-order valence-corrected chi connectivity index (χ2v) is 7.47. The lowest BCUT2D eigenvalue weighted by molar-refractivity contribution is 0.169. The molecule has 2 heterocycles. The molecular formula is C12H20N2OS2. The Balaban J connectivity index is 2.07. The van der Waals surface area contributed by atoms with Gasteiger partial charge in [0.15, 0.2) is 0 Å². The van der Waals surface area contributed by atoms with Gasteiger partial charge in [0.25, 0.3) is 0 Å². The molecule has 0 radical (unpaired) electrons. The van der Waals surface area contributed by atoms with Crippen LogP contribution in [-0.4, -0.2) is 36.4 Å². The van der Waals surface area contributed by atoms with Crippen LogP contribution in [0.15, 0.2) is 12.3 Å². The summed E-state index contributed by atoms with van der Waals surface area (Å²) < 4.78 is 1.89. The Morgan fingerprint density at radius 3 is 2.94 bits per heavy atom.